The van der Waals surface area contributed by atoms with Gasteiger partial charge in [0.05, 0.1) is 0 Å². The fourth-order valence-corrected chi connectivity index (χ4v) is 2.45. The lowest BCUT2D eigenvalue weighted by molar-refractivity contribution is 0.931. The second-order valence-corrected chi connectivity index (χ2v) is 5.12. The van der Waals surface area contributed by atoms with Crippen LogP contribution in [0.4, 0.5) is 0 Å². The fraction of sp³-hybridized carbons (Fsp3) is 0.143. The van der Waals surface area contributed by atoms with Crippen molar-refractivity contribution in [2.45, 2.75) is 13.3 Å². The van der Waals surface area contributed by atoms with Gasteiger partial charge in [-0.05, 0) is 30.2 Å². The minimum atomic E-state index is 0.770. The van der Waals surface area contributed by atoms with Crippen LogP contribution in [0.1, 0.15) is 17.0 Å². The molecule has 90 valence electrons. The summed E-state index contributed by atoms with van der Waals surface area (Å²) in [4.78, 5) is 0. The van der Waals surface area contributed by atoms with Crippen molar-refractivity contribution in [3.05, 3.63) is 64.0 Å². The smallest absolute Gasteiger partial charge is 0.163 e. The largest absolute Gasteiger partial charge is 0.286 e. The van der Waals surface area contributed by atoms with Crippen molar-refractivity contribution in [2.24, 2.45) is 0 Å². The Bertz CT molecular complexity index is 703. The molecule has 0 fully saturated rings. The summed E-state index contributed by atoms with van der Waals surface area (Å²) in [7, 11) is 0. The number of aromatic nitrogens is 3. The first-order valence-corrected chi connectivity index (χ1v) is 6.57. The van der Waals surface area contributed by atoms with Gasteiger partial charge in [0.25, 0.3) is 0 Å². The number of rotatable bonds is 2. The molecule has 1 aromatic carbocycles. The molecule has 0 amide bonds. The third kappa shape index (κ3) is 1.93. The Morgan fingerprint density at radius 3 is 2.78 bits per heavy atom. The molecule has 0 radical (unpaired) electrons. The van der Waals surface area contributed by atoms with Crippen molar-refractivity contribution < 1.29 is 0 Å². The summed E-state index contributed by atoms with van der Waals surface area (Å²) in [6.45, 7) is 2.05. The molecule has 0 saturated carbocycles. The highest BCUT2D eigenvalue weighted by atomic mass is 79.9. The molecule has 0 atom stereocenters. The summed E-state index contributed by atoms with van der Waals surface area (Å²) in [6, 6.07) is 12.3. The molecule has 0 aliphatic heterocycles. The van der Waals surface area contributed by atoms with Gasteiger partial charge in [-0.1, -0.05) is 40.2 Å². The number of nitrogens with zero attached hydrogens (tertiary/aromatic N) is 3. The van der Waals surface area contributed by atoms with Crippen LogP contribution < -0.4 is 0 Å². The molecule has 3 aromatic rings. The van der Waals surface area contributed by atoms with Crippen molar-refractivity contribution in [3.8, 4) is 0 Å². The second kappa shape index (κ2) is 4.53. The molecule has 0 saturated heterocycles. The van der Waals surface area contributed by atoms with Crippen LogP contribution in [0.2, 0.25) is 0 Å². The average Bonchev–Trinajstić information content (AvgIpc) is 2.77. The lowest BCUT2D eigenvalue weighted by atomic mass is 10.1. The van der Waals surface area contributed by atoms with Gasteiger partial charge < -0.3 is 0 Å². The molecule has 18 heavy (non-hydrogen) atoms. The monoisotopic (exact) mass is 301 g/mol. The van der Waals surface area contributed by atoms with E-state index in [1.165, 1.54) is 5.56 Å². The van der Waals surface area contributed by atoms with Gasteiger partial charge in [0.2, 0.25) is 0 Å². The molecule has 2 heterocycles. The number of halogens is 1. The minimum absolute atomic E-state index is 0.770. The van der Waals surface area contributed by atoms with E-state index in [4.69, 9.17) is 0 Å². The van der Waals surface area contributed by atoms with Crippen LogP contribution in [0.25, 0.3) is 5.65 Å². The topological polar surface area (TPSA) is 30.2 Å². The lowest BCUT2D eigenvalue weighted by Crippen LogP contribution is -1.97. The number of aryl methyl sites for hydroxylation is 1. The zero-order valence-electron chi connectivity index (χ0n) is 9.97. The van der Waals surface area contributed by atoms with Gasteiger partial charge >= 0.3 is 0 Å². The summed E-state index contributed by atoms with van der Waals surface area (Å²) >= 11 is 3.56. The molecular formula is C14H12BrN3. The number of hydrogen-bond acceptors (Lipinski definition) is 2. The predicted molar refractivity (Wildman–Crippen MR) is 74.7 cm³/mol. The maximum Gasteiger partial charge on any atom is 0.163 e. The van der Waals surface area contributed by atoms with Crippen LogP contribution in [0, 0.1) is 6.92 Å². The molecular weight excluding hydrogens is 290 g/mol. The number of fused-ring (bicyclic) bond motifs is 1. The molecule has 4 heteroatoms. The number of hydrogen-bond donors (Lipinski definition) is 0. The maximum absolute atomic E-state index is 4.28. The summed E-state index contributed by atoms with van der Waals surface area (Å²) in [5.74, 6) is 0.959. The van der Waals surface area contributed by atoms with Crippen molar-refractivity contribution in [3.63, 3.8) is 0 Å². The maximum atomic E-state index is 4.28. The van der Waals surface area contributed by atoms with Gasteiger partial charge in [0, 0.05) is 17.1 Å². The molecule has 3 nitrogen and oxygen atoms in total. The Labute approximate surface area is 114 Å². The van der Waals surface area contributed by atoms with E-state index in [9.17, 15) is 0 Å². The first-order chi connectivity index (χ1) is 8.75. The molecule has 0 N–H and O–H groups in total. The Kier molecular flexibility index (Phi) is 2.88. The molecule has 0 aliphatic carbocycles. The highest BCUT2D eigenvalue weighted by Gasteiger charge is 2.09. The van der Waals surface area contributed by atoms with E-state index in [2.05, 4.69) is 36.6 Å². The van der Waals surface area contributed by atoms with E-state index in [0.29, 0.717) is 0 Å². The van der Waals surface area contributed by atoms with Crippen molar-refractivity contribution >= 4 is 21.6 Å². The van der Waals surface area contributed by atoms with E-state index in [1.54, 1.807) is 0 Å². The molecule has 3 rings (SSSR count). The van der Waals surface area contributed by atoms with Crippen LogP contribution in [-0.2, 0) is 6.42 Å². The predicted octanol–water partition coefficient (Wildman–Crippen LogP) is 3.39. The van der Waals surface area contributed by atoms with Crippen LogP contribution in [0.5, 0.6) is 0 Å². The van der Waals surface area contributed by atoms with Crippen LogP contribution in [0.3, 0.4) is 0 Å². The summed E-state index contributed by atoms with van der Waals surface area (Å²) in [5.41, 5.74) is 3.29. The first kappa shape index (κ1) is 11.4. The van der Waals surface area contributed by atoms with E-state index < -0.39 is 0 Å². The summed E-state index contributed by atoms with van der Waals surface area (Å²) < 4.78 is 3.16. The van der Waals surface area contributed by atoms with Gasteiger partial charge in [-0.3, -0.25) is 4.40 Å². The van der Waals surface area contributed by atoms with Crippen molar-refractivity contribution in [2.75, 3.05) is 0 Å². The first-order valence-electron chi connectivity index (χ1n) is 5.78. The van der Waals surface area contributed by atoms with E-state index in [-0.39, 0.29) is 0 Å². The molecule has 0 unspecified atom stereocenters. The van der Waals surface area contributed by atoms with Gasteiger partial charge in [-0.15, -0.1) is 10.2 Å². The Morgan fingerprint density at radius 2 is 1.94 bits per heavy atom. The highest BCUT2D eigenvalue weighted by Crippen LogP contribution is 2.19. The normalized spacial score (nSPS) is 11.0. The van der Waals surface area contributed by atoms with Gasteiger partial charge in [0.15, 0.2) is 5.65 Å². The lowest BCUT2D eigenvalue weighted by Gasteiger charge is -2.03. The zero-order valence-corrected chi connectivity index (χ0v) is 11.6. The van der Waals surface area contributed by atoms with Crippen molar-refractivity contribution in [1.82, 2.24) is 14.6 Å². The van der Waals surface area contributed by atoms with Gasteiger partial charge in [-0.2, -0.15) is 0 Å². The fourth-order valence-electron chi connectivity index (χ4n) is 2.03. The molecule has 0 bridgehead atoms. The Balaban J connectivity index is 2.06. The zero-order chi connectivity index (χ0) is 12.5. The number of pyridine rings is 1. The van der Waals surface area contributed by atoms with E-state index in [1.807, 2.05) is 43.5 Å². The Hall–Kier alpha value is -1.68. The third-order valence-corrected chi connectivity index (χ3v) is 3.78. The molecule has 2 aromatic heterocycles. The minimum Gasteiger partial charge on any atom is -0.286 e. The molecule has 0 aliphatic rings. The van der Waals surface area contributed by atoms with Crippen LogP contribution in [-0.4, -0.2) is 14.6 Å². The quantitative estimate of drug-likeness (QED) is 0.726. The molecule has 0 spiro atoms. The van der Waals surface area contributed by atoms with Gasteiger partial charge in [-0.25, -0.2) is 0 Å². The SMILES string of the molecule is Cc1cccn2c(Cc3ccccc3Br)nnc12. The van der Waals surface area contributed by atoms with E-state index >= 15 is 0 Å². The highest BCUT2D eigenvalue weighted by molar-refractivity contribution is 9.10. The Morgan fingerprint density at radius 1 is 1.11 bits per heavy atom. The third-order valence-electron chi connectivity index (χ3n) is 3.01. The van der Waals surface area contributed by atoms with E-state index in [0.717, 1.165) is 27.9 Å². The second-order valence-electron chi connectivity index (χ2n) is 4.27. The van der Waals surface area contributed by atoms with Gasteiger partial charge in [0.1, 0.15) is 5.82 Å². The standard InChI is InChI=1S/C14H12BrN3/c1-10-5-4-8-18-13(16-17-14(10)18)9-11-6-2-3-7-12(11)15/h2-8H,9H2,1H3. The average molecular weight is 302 g/mol. The number of benzene rings is 1. The van der Waals surface area contributed by atoms with Crippen molar-refractivity contribution in [1.29, 1.82) is 0 Å². The van der Waals surface area contributed by atoms with Crippen LogP contribution in [0.15, 0.2) is 47.1 Å². The van der Waals surface area contributed by atoms with Crippen LogP contribution >= 0.6 is 15.9 Å². The summed E-state index contributed by atoms with van der Waals surface area (Å²) in [5, 5.41) is 8.53. The summed E-state index contributed by atoms with van der Waals surface area (Å²) in [6.07, 6.45) is 2.78.